The van der Waals surface area contributed by atoms with Gasteiger partial charge >= 0.3 is 0 Å². The van der Waals surface area contributed by atoms with E-state index in [0.29, 0.717) is 13.2 Å². The minimum absolute atomic E-state index is 0.600. The zero-order chi connectivity index (χ0) is 28.5. The van der Waals surface area contributed by atoms with Gasteiger partial charge in [0.15, 0.2) is 11.5 Å². The van der Waals surface area contributed by atoms with Crippen molar-refractivity contribution in [2.24, 2.45) is 0 Å². The minimum Gasteiger partial charge on any atom is -0.497 e. The van der Waals surface area contributed by atoms with Crippen LogP contribution in [0.1, 0.15) is 48.1 Å². The molecule has 0 radical (unpaired) electrons. The lowest BCUT2D eigenvalue weighted by atomic mass is 9.97. The van der Waals surface area contributed by atoms with Crippen molar-refractivity contribution in [1.29, 1.82) is 0 Å². The fourth-order valence-electron chi connectivity index (χ4n) is 4.36. The van der Waals surface area contributed by atoms with Gasteiger partial charge in [-0.2, -0.15) is 0 Å². The molecule has 0 atom stereocenters. The smallest absolute Gasteiger partial charge is 0.163 e. The predicted octanol–water partition coefficient (Wildman–Crippen LogP) is 8.78. The van der Waals surface area contributed by atoms with E-state index >= 15 is 0 Å². The number of rotatable bonds is 4. The Morgan fingerprint density at radius 1 is 0.872 bits per heavy atom. The summed E-state index contributed by atoms with van der Waals surface area (Å²) in [6.07, 6.45) is 3.16. The summed E-state index contributed by atoms with van der Waals surface area (Å²) < 4.78 is 16.4. The Bertz CT molecular complexity index is 1330. The lowest BCUT2D eigenvalue weighted by molar-refractivity contribution is 0.171. The van der Waals surface area contributed by atoms with Gasteiger partial charge in [0.05, 0.1) is 12.8 Å². The number of hydrogen-bond donors (Lipinski definition) is 0. The molecule has 2 aliphatic rings. The molecule has 3 aromatic carbocycles. The molecule has 0 amide bonds. The number of fused-ring (bicyclic) bond motifs is 2. The van der Waals surface area contributed by atoms with E-state index in [1.54, 1.807) is 7.11 Å². The van der Waals surface area contributed by atoms with Crippen LogP contribution < -0.4 is 19.1 Å². The number of benzene rings is 3. The van der Waals surface area contributed by atoms with Crippen molar-refractivity contribution in [2.45, 2.75) is 48.0 Å². The maximum absolute atomic E-state index is 5.71. The van der Waals surface area contributed by atoms with Crippen LogP contribution >= 0.6 is 0 Å². The summed E-state index contributed by atoms with van der Waals surface area (Å²) in [5.74, 6) is 2.56. The average Bonchev–Trinajstić information content (AvgIpc) is 2.92. The van der Waals surface area contributed by atoms with Crippen molar-refractivity contribution in [3.8, 4) is 17.2 Å². The molecule has 4 nitrogen and oxygen atoms in total. The Morgan fingerprint density at radius 3 is 2.03 bits per heavy atom. The zero-order valence-electron chi connectivity index (χ0n) is 24.7. The number of allylic oxidation sites excluding steroid dienone is 1. The molecule has 206 valence electrons. The Kier molecular flexibility index (Phi) is 10.4. The standard InChI is InChI=1S/C18H21NO2.C9H12.C8H10O/c1-5-14-8-15-9-17-18(21-7-6-20-17)10-16(15)19(13(14)4)11-12(2)3;1-7-4-5-8(2)9(3)6-7;1-7-3-5-8(9-2)6-4-7/h8-10H,2,4-7,11H2,1,3H3;4-6H,1-3H3;3-6H,1-2H3. The predicted molar refractivity (Wildman–Crippen MR) is 165 cm³/mol. The molecule has 4 heteroatoms. The molecule has 2 aliphatic heterocycles. The fraction of sp³-hybridized carbons (Fsp3) is 0.314. The number of methoxy groups -OCH3 is 1. The molecule has 0 aromatic heterocycles. The molecular formula is C35H43NO3. The van der Waals surface area contributed by atoms with E-state index in [-0.39, 0.29) is 0 Å². The van der Waals surface area contributed by atoms with Gasteiger partial charge in [-0.25, -0.2) is 0 Å². The van der Waals surface area contributed by atoms with E-state index in [0.717, 1.165) is 52.7 Å². The van der Waals surface area contributed by atoms with Crippen LogP contribution in [0.5, 0.6) is 17.2 Å². The summed E-state index contributed by atoms with van der Waals surface area (Å²) in [4.78, 5) is 2.22. The molecule has 0 saturated carbocycles. The van der Waals surface area contributed by atoms with Gasteiger partial charge in [-0.1, -0.05) is 67.1 Å². The Balaban J connectivity index is 0.000000192. The molecule has 0 N–H and O–H groups in total. The third-order valence-electron chi connectivity index (χ3n) is 6.74. The molecule has 0 saturated heterocycles. The fourth-order valence-corrected chi connectivity index (χ4v) is 4.36. The molecule has 0 aliphatic carbocycles. The summed E-state index contributed by atoms with van der Waals surface area (Å²) >= 11 is 0. The van der Waals surface area contributed by atoms with E-state index in [1.807, 2.05) is 31.2 Å². The lowest BCUT2D eigenvalue weighted by Gasteiger charge is -2.34. The van der Waals surface area contributed by atoms with Gasteiger partial charge < -0.3 is 19.1 Å². The van der Waals surface area contributed by atoms with Crippen molar-refractivity contribution in [3.63, 3.8) is 0 Å². The molecule has 3 aromatic rings. The summed E-state index contributed by atoms with van der Waals surface area (Å²) in [6, 6.07) is 18.6. The largest absolute Gasteiger partial charge is 0.497 e. The maximum atomic E-state index is 5.71. The van der Waals surface area contributed by atoms with Crippen molar-refractivity contribution in [1.82, 2.24) is 0 Å². The first-order chi connectivity index (χ1) is 18.6. The van der Waals surface area contributed by atoms with Crippen LogP contribution in [0.3, 0.4) is 0 Å². The second kappa shape index (κ2) is 13.7. The van der Waals surface area contributed by atoms with E-state index in [2.05, 4.69) is 89.1 Å². The summed E-state index contributed by atoms with van der Waals surface area (Å²) in [5, 5.41) is 0. The van der Waals surface area contributed by atoms with Crippen LogP contribution in [-0.4, -0.2) is 26.9 Å². The number of ether oxygens (including phenoxy) is 3. The third-order valence-corrected chi connectivity index (χ3v) is 6.74. The Hall–Kier alpha value is -3.92. The highest BCUT2D eigenvalue weighted by atomic mass is 16.6. The van der Waals surface area contributed by atoms with Gasteiger partial charge in [0.25, 0.3) is 0 Å². The molecule has 2 heterocycles. The van der Waals surface area contributed by atoms with Crippen molar-refractivity contribution < 1.29 is 14.2 Å². The highest BCUT2D eigenvalue weighted by Crippen LogP contribution is 2.43. The molecule has 0 bridgehead atoms. The maximum Gasteiger partial charge on any atom is 0.163 e. The van der Waals surface area contributed by atoms with Crippen LogP contribution in [0.2, 0.25) is 0 Å². The summed E-state index contributed by atoms with van der Waals surface area (Å²) in [5.41, 5.74) is 11.0. The third kappa shape index (κ3) is 8.03. The monoisotopic (exact) mass is 525 g/mol. The summed E-state index contributed by atoms with van der Waals surface area (Å²) in [7, 11) is 1.67. The Labute approximate surface area is 235 Å². The Morgan fingerprint density at radius 2 is 1.49 bits per heavy atom. The quantitative estimate of drug-likeness (QED) is 0.319. The van der Waals surface area contributed by atoms with E-state index in [1.165, 1.54) is 27.8 Å². The average molecular weight is 526 g/mol. The number of nitrogens with zero attached hydrogens (tertiary/aromatic N) is 1. The van der Waals surface area contributed by atoms with Gasteiger partial charge in [0, 0.05) is 23.9 Å². The first kappa shape index (κ1) is 29.6. The van der Waals surface area contributed by atoms with Crippen molar-refractivity contribution in [2.75, 3.05) is 31.8 Å². The van der Waals surface area contributed by atoms with E-state index in [9.17, 15) is 0 Å². The number of aryl methyl sites for hydroxylation is 4. The van der Waals surface area contributed by atoms with Crippen LogP contribution in [0.4, 0.5) is 5.69 Å². The van der Waals surface area contributed by atoms with Crippen LogP contribution in [0.25, 0.3) is 6.08 Å². The van der Waals surface area contributed by atoms with Gasteiger partial charge in [0.2, 0.25) is 0 Å². The molecule has 5 rings (SSSR count). The second-order valence-electron chi connectivity index (χ2n) is 10.2. The summed E-state index contributed by atoms with van der Waals surface area (Å²) in [6.45, 7) is 22.9. The second-order valence-corrected chi connectivity index (χ2v) is 10.2. The van der Waals surface area contributed by atoms with Gasteiger partial charge in [-0.15, -0.1) is 0 Å². The lowest BCUT2D eigenvalue weighted by Crippen LogP contribution is -2.28. The van der Waals surface area contributed by atoms with E-state index < -0.39 is 0 Å². The highest BCUT2D eigenvalue weighted by molar-refractivity contribution is 5.82. The number of anilines is 1. The van der Waals surface area contributed by atoms with E-state index in [4.69, 9.17) is 14.2 Å². The van der Waals surface area contributed by atoms with Crippen molar-refractivity contribution >= 4 is 11.8 Å². The molecular weight excluding hydrogens is 482 g/mol. The van der Waals surface area contributed by atoms with Crippen molar-refractivity contribution in [3.05, 3.63) is 112 Å². The van der Waals surface area contributed by atoms with Gasteiger partial charge in [-0.05, 0) is 82.0 Å². The molecule has 0 unspecified atom stereocenters. The first-order valence-corrected chi connectivity index (χ1v) is 13.5. The molecule has 0 spiro atoms. The topological polar surface area (TPSA) is 30.9 Å². The van der Waals surface area contributed by atoms with Gasteiger partial charge in [-0.3, -0.25) is 0 Å². The molecule has 39 heavy (non-hydrogen) atoms. The SMILES string of the molecule is C=C(C)CN1C(=C)C(CC)=Cc2cc3c(cc21)OCCO3.COc1ccc(C)cc1.Cc1ccc(C)c(C)c1. The minimum atomic E-state index is 0.600. The van der Waals surface area contributed by atoms with Crippen LogP contribution in [0.15, 0.2) is 84.6 Å². The van der Waals surface area contributed by atoms with Gasteiger partial charge in [0.1, 0.15) is 19.0 Å². The number of hydrogen-bond acceptors (Lipinski definition) is 4. The highest BCUT2D eigenvalue weighted by Gasteiger charge is 2.24. The first-order valence-electron chi connectivity index (χ1n) is 13.5. The molecule has 0 fully saturated rings. The van der Waals surface area contributed by atoms with Crippen LogP contribution in [-0.2, 0) is 0 Å². The van der Waals surface area contributed by atoms with Crippen LogP contribution in [0, 0.1) is 27.7 Å². The normalized spacial score (nSPS) is 13.2. The zero-order valence-corrected chi connectivity index (χ0v) is 24.7.